The van der Waals surface area contributed by atoms with Crippen molar-refractivity contribution in [1.29, 1.82) is 0 Å². The molecular weight excluding hydrogens is 190 g/mol. The zero-order chi connectivity index (χ0) is 10.8. The zero-order valence-electron chi connectivity index (χ0n) is 9.22. The zero-order valence-corrected chi connectivity index (χ0v) is 9.22. The van der Waals surface area contributed by atoms with Gasteiger partial charge in [-0.2, -0.15) is 0 Å². The van der Waals surface area contributed by atoms with Crippen LogP contribution in [-0.2, 0) is 6.61 Å². The van der Waals surface area contributed by atoms with Crippen LogP contribution < -0.4 is 4.90 Å². The first-order valence-electron chi connectivity index (χ1n) is 5.33. The van der Waals surface area contributed by atoms with Crippen molar-refractivity contribution < 1.29 is 5.11 Å². The van der Waals surface area contributed by atoms with Gasteiger partial charge >= 0.3 is 0 Å². The second kappa shape index (κ2) is 4.14. The SMILES string of the molecule is CC1CC1CN(C)c1cnc(CO)cn1. The normalized spacial score (nSPS) is 23.9. The summed E-state index contributed by atoms with van der Waals surface area (Å²) in [6.07, 6.45) is 4.67. The van der Waals surface area contributed by atoms with E-state index >= 15 is 0 Å². The Morgan fingerprint density at radius 2 is 2.20 bits per heavy atom. The first kappa shape index (κ1) is 10.4. The van der Waals surface area contributed by atoms with Crippen molar-refractivity contribution in [2.75, 3.05) is 18.5 Å². The number of nitrogens with zero attached hydrogens (tertiary/aromatic N) is 3. The Kier molecular flexibility index (Phi) is 2.86. The van der Waals surface area contributed by atoms with Crippen LogP contribution in [0, 0.1) is 11.8 Å². The lowest BCUT2D eigenvalue weighted by molar-refractivity contribution is 0.276. The van der Waals surface area contributed by atoms with E-state index in [0.717, 1.165) is 24.2 Å². The van der Waals surface area contributed by atoms with Gasteiger partial charge in [-0.3, -0.25) is 4.98 Å². The summed E-state index contributed by atoms with van der Waals surface area (Å²) in [7, 11) is 2.04. The molecule has 1 heterocycles. The van der Waals surface area contributed by atoms with Crippen LogP contribution in [0.4, 0.5) is 5.82 Å². The Hall–Kier alpha value is -1.16. The summed E-state index contributed by atoms with van der Waals surface area (Å²) in [5.74, 6) is 2.55. The Bertz CT molecular complexity index is 325. The van der Waals surface area contributed by atoms with Crippen molar-refractivity contribution in [1.82, 2.24) is 9.97 Å². The lowest BCUT2D eigenvalue weighted by atomic mass is 10.3. The molecule has 1 N–H and O–H groups in total. The van der Waals surface area contributed by atoms with Gasteiger partial charge in [-0.25, -0.2) is 4.98 Å². The average Bonchev–Trinajstić information content (AvgIpc) is 2.94. The minimum absolute atomic E-state index is 0.0450. The van der Waals surface area contributed by atoms with E-state index in [0.29, 0.717) is 5.69 Å². The summed E-state index contributed by atoms with van der Waals surface area (Å²) in [6.45, 7) is 3.28. The minimum Gasteiger partial charge on any atom is -0.390 e. The van der Waals surface area contributed by atoms with E-state index < -0.39 is 0 Å². The van der Waals surface area contributed by atoms with Gasteiger partial charge in [0.2, 0.25) is 0 Å². The highest BCUT2D eigenvalue weighted by atomic mass is 16.3. The molecule has 2 atom stereocenters. The number of aliphatic hydroxyl groups is 1. The molecule has 82 valence electrons. The van der Waals surface area contributed by atoms with E-state index in [1.165, 1.54) is 6.42 Å². The molecule has 1 aliphatic rings. The number of aromatic nitrogens is 2. The van der Waals surface area contributed by atoms with Gasteiger partial charge in [0.25, 0.3) is 0 Å². The molecule has 4 heteroatoms. The monoisotopic (exact) mass is 207 g/mol. The molecule has 0 aromatic carbocycles. The van der Waals surface area contributed by atoms with Crippen molar-refractivity contribution in [2.24, 2.45) is 11.8 Å². The molecule has 0 amide bonds. The van der Waals surface area contributed by atoms with Crippen LogP contribution in [0.5, 0.6) is 0 Å². The van der Waals surface area contributed by atoms with Crippen molar-refractivity contribution in [3.63, 3.8) is 0 Å². The van der Waals surface area contributed by atoms with E-state index in [1.54, 1.807) is 12.4 Å². The maximum Gasteiger partial charge on any atom is 0.146 e. The molecule has 0 bridgehead atoms. The number of hydrogen-bond acceptors (Lipinski definition) is 4. The minimum atomic E-state index is -0.0450. The number of rotatable bonds is 4. The van der Waals surface area contributed by atoms with Crippen LogP contribution in [0.1, 0.15) is 19.0 Å². The van der Waals surface area contributed by atoms with Gasteiger partial charge in [-0.05, 0) is 18.3 Å². The maximum absolute atomic E-state index is 8.84. The Balaban J connectivity index is 1.95. The molecule has 2 rings (SSSR count). The Labute approximate surface area is 90.0 Å². The molecule has 1 aliphatic carbocycles. The van der Waals surface area contributed by atoms with E-state index in [1.807, 2.05) is 7.05 Å². The first-order chi connectivity index (χ1) is 7.20. The van der Waals surface area contributed by atoms with Crippen LogP contribution in [0.2, 0.25) is 0 Å². The highest BCUT2D eigenvalue weighted by molar-refractivity contribution is 5.34. The third-order valence-electron chi connectivity index (χ3n) is 3.03. The largest absolute Gasteiger partial charge is 0.390 e. The summed E-state index contributed by atoms with van der Waals surface area (Å²) >= 11 is 0. The van der Waals surface area contributed by atoms with Gasteiger partial charge in [-0.1, -0.05) is 6.92 Å². The standard InChI is InChI=1S/C11H17N3O/c1-8-3-9(8)6-14(2)11-5-12-10(7-15)4-13-11/h4-5,8-9,15H,3,6-7H2,1-2H3. The lowest BCUT2D eigenvalue weighted by Gasteiger charge is -2.17. The van der Waals surface area contributed by atoms with Crippen molar-refractivity contribution in [3.05, 3.63) is 18.1 Å². The van der Waals surface area contributed by atoms with Crippen LogP contribution in [0.3, 0.4) is 0 Å². The van der Waals surface area contributed by atoms with Crippen LogP contribution in [0.15, 0.2) is 12.4 Å². The average molecular weight is 207 g/mol. The third kappa shape index (κ3) is 2.45. The summed E-state index contributed by atoms with van der Waals surface area (Å²) in [4.78, 5) is 10.5. The summed E-state index contributed by atoms with van der Waals surface area (Å²) in [5, 5.41) is 8.84. The summed E-state index contributed by atoms with van der Waals surface area (Å²) < 4.78 is 0. The van der Waals surface area contributed by atoms with Crippen molar-refractivity contribution >= 4 is 5.82 Å². The van der Waals surface area contributed by atoms with Crippen LogP contribution in [-0.4, -0.2) is 28.7 Å². The van der Waals surface area contributed by atoms with E-state index in [4.69, 9.17) is 5.11 Å². The second-order valence-corrected chi connectivity index (χ2v) is 4.38. The number of anilines is 1. The molecule has 15 heavy (non-hydrogen) atoms. The van der Waals surface area contributed by atoms with Crippen molar-refractivity contribution in [2.45, 2.75) is 20.0 Å². The highest BCUT2D eigenvalue weighted by Gasteiger charge is 2.33. The molecule has 2 unspecified atom stereocenters. The van der Waals surface area contributed by atoms with E-state index in [-0.39, 0.29) is 6.61 Å². The predicted molar refractivity (Wildman–Crippen MR) is 58.5 cm³/mol. The van der Waals surface area contributed by atoms with E-state index in [2.05, 4.69) is 21.8 Å². The fraction of sp³-hybridized carbons (Fsp3) is 0.636. The fourth-order valence-electron chi connectivity index (χ4n) is 1.73. The quantitative estimate of drug-likeness (QED) is 0.802. The van der Waals surface area contributed by atoms with Crippen LogP contribution >= 0.6 is 0 Å². The maximum atomic E-state index is 8.84. The molecule has 1 fully saturated rings. The topological polar surface area (TPSA) is 49.2 Å². The van der Waals surface area contributed by atoms with Crippen molar-refractivity contribution in [3.8, 4) is 0 Å². The van der Waals surface area contributed by atoms with E-state index in [9.17, 15) is 0 Å². The molecular formula is C11H17N3O. The molecule has 0 radical (unpaired) electrons. The first-order valence-corrected chi connectivity index (χ1v) is 5.33. The molecule has 0 spiro atoms. The van der Waals surface area contributed by atoms with Gasteiger partial charge < -0.3 is 10.0 Å². The Morgan fingerprint density at radius 3 is 2.67 bits per heavy atom. The summed E-state index contributed by atoms with van der Waals surface area (Å²) in [5.41, 5.74) is 0.618. The lowest BCUT2D eigenvalue weighted by Crippen LogP contribution is -2.21. The molecule has 1 aromatic rings. The second-order valence-electron chi connectivity index (χ2n) is 4.38. The Morgan fingerprint density at radius 1 is 1.47 bits per heavy atom. The van der Waals surface area contributed by atoms with Gasteiger partial charge in [0, 0.05) is 13.6 Å². The highest BCUT2D eigenvalue weighted by Crippen LogP contribution is 2.38. The fourth-order valence-corrected chi connectivity index (χ4v) is 1.73. The number of aliphatic hydroxyl groups excluding tert-OH is 1. The molecule has 0 aliphatic heterocycles. The van der Waals surface area contributed by atoms with Crippen LogP contribution in [0.25, 0.3) is 0 Å². The molecule has 0 saturated heterocycles. The summed E-state index contributed by atoms with van der Waals surface area (Å²) in [6, 6.07) is 0. The predicted octanol–water partition coefficient (Wildman–Crippen LogP) is 1.06. The smallest absolute Gasteiger partial charge is 0.146 e. The van der Waals surface area contributed by atoms with Gasteiger partial charge in [-0.15, -0.1) is 0 Å². The number of hydrogen-bond donors (Lipinski definition) is 1. The third-order valence-corrected chi connectivity index (χ3v) is 3.03. The van der Waals surface area contributed by atoms with Gasteiger partial charge in [0.1, 0.15) is 5.82 Å². The molecule has 4 nitrogen and oxygen atoms in total. The molecule has 1 aromatic heterocycles. The van der Waals surface area contributed by atoms with Gasteiger partial charge in [0.15, 0.2) is 0 Å². The van der Waals surface area contributed by atoms with Gasteiger partial charge in [0.05, 0.1) is 24.7 Å². The molecule has 1 saturated carbocycles.